The van der Waals surface area contributed by atoms with Gasteiger partial charge in [-0.25, -0.2) is 0 Å². The lowest BCUT2D eigenvalue weighted by Crippen LogP contribution is -2.19. The molecule has 0 aromatic heterocycles. The molecule has 0 radical (unpaired) electrons. The first-order valence-electron chi connectivity index (χ1n) is 4.91. The highest BCUT2D eigenvalue weighted by molar-refractivity contribution is 9.10. The first-order valence-corrected chi connectivity index (χ1v) is 5.70. The molecule has 1 aromatic rings. The molecule has 0 amide bonds. The van der Waals surface area contributed by atoms with E-state index in [9.17, 15) is 0 Å². The van der Waals surface area contributed by atoms with Crippen LogP contribution in [0.1, 0.15) is 12.8 Å². The van der Waals surface area contributed by atoms with Gasteiger partial charge in [-0.2, -0.15) is 0 Å². The minimum Gasteiger partial charge on any atom is -0.375 e. The van der Waals surface area contributed by atoms with Crippen molar-refractivity contribution in [2.45, 2.75) is 12.8 Å². The lowest BCUT2D eigenvalue weighted by Gasteiger charge is -2.18. The average Bonchev–Trinajstić information content (AvgIpc) is 2.19. The third-order valence-corrected chi connectivity index (χ3v) is 2.74. The van der Waals surface area contributed by atoms with Crippen LogP contribution in [0.4, 0.5) is 5.69 Å². The first-order chi connectivity index (χ1) is 6.74. The summed E-state index contributed by atoms with van der Waals surface area (Å²) in [6, 6.07) is 8.36. The molecule has 0 fully saturated rings. The second-order valence-electron chi connectivity index (χ2n) is 3.39. The maximum atomic E-state index is 5.45. The quantitative estimate of drug-likeness (QED) is 0.821. The zero-order valence-electron chi connectivity index (χ0n) is 8.54. The van der Waals surface area contributed by atoms with Crippen molar-refractivity contribution in [1.82, 2.24) is 0 Å². The molecule has 0 aliphatic heterocycles. The Labute approximate surface area is 94.2 Å². The molecular weight excluding hydrogens is 240 g/mol. The SMILES string of the molecule is CN(CCCCN)c1ccc(Br)cc1. The number of hydrogen-bond acceptors (Lipinski definition) is 2. The van der Waals surface area contributed by atoms with E-state index < -0.39 is 0 Å². The Morgan fingerprint density at radius 1 is 1.21 bits per heavy atom. The van der Waals surface area contributed by atoms with E-state index in [0.717, 1.165) is 30.4 Å². The van der Waals surface area contributed by atoms with E-state index in [4.69, 9.17) is 5.73 Å². The summed E-state index contributed by atoms with van der Waals surface area (Å²) in [5.74, 6) is 0. The summed E-state index contributed by atoms with van der Waals surface area (Å²) in [6.45, 7) is 1.85. The maximum Gasteiger partial charge on any atom is 0.0364 e. The fourth-order valence-electron chi connectivity index (χ4n) is 1.32. The van der Waals surface area contributed by atoms with Crippen molar-refractivity contribution in [3.63, 3.8) is 0 Å². The molecule has 0 saturated heterocycles. The molecule has 0 aliphatic carbocycles. The normalized spacial score (nSPS) is 10.2. The minimum atomic E-state index is 0.786. The Bertz CT molecular complexity index is 258. The molecule has 1 aromatic carbocycles. The van der Waals surface area contributed by atoms with E-state index >= 15 is 0 Å². The predicted molar refractivity (Wildman–Crippen MR) is 65.7 cm³/mol. The van der Waals surface area contributed by atoms with Gasteiger partial charge in [-0.05, 0) is 43.7 Å². The molecule has 0 atom stereocenters. The highest BCUT2D eigenvalue weighted by Gasteiger charge is 1.99. The van der Waals surface area contributed by atoms with Gasteiger partial charge in [0.25, 0.3) is 0 Å². The topological polar surface area (TPSA) is 29.3 Å². The van der Waals surface area contributed by atoms with Crippen LogP contribution in [0.3, 0.4) is 0 Å². The number of hydrogen-bond donors (Lipinski definition) is 1. The number of anilines is 1. The molecule has 14 heavy (non-hydrogen) atoms. The van der Waals surface area contributed by atoms with E-state index in [1.165, 1.54) is 5.69 Å². The van der Waals surface area contributed by atoms with Crippen molar-refractivity contribution in [3.8, 4) is 0 Å². The predicted octanol–water partition coefficient (Wildman–Crippen LogP) is 2.62. The number of unbranched alkanes of at least 4 members (excludes halogenated alkanes) is 1. The van der Waals surface area contributed by atoms with Crippen molar-refractivity contribution in [2.75, 3.05) is 25.0 Å². The number of nitrogens with zero attached hydrogens (tertiary/aromatic N) is 1. The van der Waals surface area contributed by atoms with Gasteiger partial charge in [0.2, 0.25) is 0 Å². The van der Waals surface area contributed by atoms with Crippen LogP contribution in [0.5, 0.6) is 0 Å². The van der Waals surface area contributed by atoms with E-state index in [0.29, 0.717) is 0 Å². The van der Waals surface area contributed by atoms with Crippen LogP contribution in [0, 0.1) is 0 Å². The van der Waals surface area contributed by atoms with Crippen LogP contribution in [-0.4, -0.2) is 20.1 Å². The molecule has 3 heteroatoms. The molecule has 0 unspecified atom stereocenters. The highest BCUT2D eigenvalue weighted by Crippen LogP contribution is 2.17. The van der Waals surface area contributed by atoms with Gasteiger partial charge >= 0.3 is 0 Å². The summed E-state index contributed by atoms with van der Waals surface area (Å²) in [4.78, 5) is 2.25. The monoisotopic (exact) mass is 256 g/mol. The Hall–Kier alpha value is -0.540. The summed E-state index contributed by atoms with van der Waals surface area (Å²) in [5.41, 5.74) is 6.70. The number of benzene rings is 1. The molecule has 0 spiro atoms. The molecule has 78 valence electrons. The van der Waals surface area contributed by atoms with E-state index in [1.54, 1.807) is 0 Å². The Morgan fingerprint density at radius 3 is 2.43 bits per heavy atom. The molecule has 0 saturated carbocycles. The number of rotatable bonds is 5. The van der Waals surface area contributed by atoms with Crippen molar-refractivity contribution in [1.29, 1.82) is 0 Å². The van der Waals surface area contributed by atoms with Crippen molar-refractivity contribution >= 4 is 21.6 Å². The molecule has 2 N–H and O–H groups in total. The summed E-state index contributed by atoms with van der Waals surface area (Å²) in [5, 5.41) is 0. The van der Waals surface area contributed by atoms with Crippen molar-refractivity contribution in [2.24, 2.45) is 5.73 Å². The van der Waals surface area contributed by atoms with E-state index in [-0.39, 0.29) is 0 Å². The summed E-state index contributed by atoms with van der Waals surface area (Å²) in [7, 11) is 2.11. The van der Waals surface area contributed by atoms with Gasteiger partial charge in [0.1, 0.15) is 0 Å². The molecule has 0 aliphatic rings. The van der Waals surface area contributed by atoms with Crippen molar-refractivity contribution in [3.05, 3.63) is 28.7 Å². The minimum absolute atomic E-state index is 0.786. The maximum absolute atomic E-state index is 5.45. The third kappa shape index (κ3) is 3.68. The summed E-state index contributed by atoms with van der Waals surface area (Å²) in [6.07, 6.45) is 2.25. The molecule has 0 bridgehead atoms. The van der Waals surface area contributed by atoms with E-state index in [2.05, 4.69) is 52.1 Å². The van der Waals surface area contributed by atoms with Gasteiger partial charge in [-0.3, -0.25) is 0 Å². The van der Waals surface area contributed by atoms with Crippen LogP contribution >= 0.6 is 15.9 Å². The van der Waals surface area contributed by atoms with Crippen LogP contribution < -0.4 is 10.6 Å². The summed E-state index contributed by atoms with van der Waals surface area (Å²) < 4.78 is 1.12. The Kier molecular flexibility index (Phi) is 4.98. The van der Waals surface area contributed by atoms with Crippen LogP contribution in [0.2, 0.25) is 0 Å². The van der Waals surface area contributed by atoms with Gasteiger partial charge in [0.15, 0.2) is 0 Å². The molecular formula is C11H17BrN2. The van der Waals surface area contributed by atoms with Crippen molar-refractivity contribution < 1.29 is 0 Å². The smallest absolute Gasteiger partial charge is 0.0364 e. The lowest BCUT2D eigenvalue weighted by molar-refractivity contribution is 0.728. The van der Waals surface area contributed by atoms with Gasteiger partial charge in [0, 0.05) is 23.8 Å². The van der Waals surface area contributed by atoms with Gasteiger partial charge in [-0.1, -0.05) is 15.9 Å². The Balaban J connectivity index is 2.43. The van der Waals surface area contributed by atoms with Crippen LogP contribution in [-0.2, 0) is 0 Å². The largest absolute Gasteiger partial charge is 0.375 e. The van der Waals surface area contributed by atoms with Crippen LogP contribution in [0.25, 0.3) is 0 Å². The zero-order valence-corrected chi connectivity index (χ0v) is 10.1. The van der Waals surface area contributed by atoms with Gasteiger partial charge < -0.3 is 10.6 Å². The summed E-state index contributed by atoms with van der Waals surface area (Å²) >= 11 is 3.42. The van der Waals surface area contributed by atoms with E-state index in [1.807, 2.05) is 0 Å². The lowest BCUT2D eigenvalue weighted by atomic mass is 10.2. The first kappa shape index (κ1) is 11.5. The molecule has 1 rings (SSSR count). The zero-order chi connectivity index (χ0) is 10.4. The third-order valence-electron chi connectivity index (χ3n) is 2.22. The molecule has 2 nitrogen and oxygen atoms in total. The number of nitrogens with two attached hydrogens (primary N) is 1. The molecule has 0 heterocycles. The highest BCUT2D eigenvalue weighted by atomic mass is 79.9. The van der Waals surface area contributed by atoms with Gasteiger partial charge in [-0.15, -0.1) is 0 Å². The average molecular weight is 257 g/mol. The second kappa shape index (κ2) is 6.04. The standard InChI is InChI=1S/C11H17BrN2/c1-14(9-3-2-8-13)11-6-4-10(12)5-7-11/h4-7H,2-3,8-9,13H2,1H3. The fourth-order valence-corrected chi connectivity index (χ4v) is 1.58. The van der Waals surface area contributed by atoms with Crippen LogP contribution in [0.15, 0.2) is 28.7 Å². The van der Waals surface area contributed by atoms with Gasteiger partial charge in [0.05, 0.1) is 0 Å². The second-order valence-corrected chi connectivity index (χ2v) is 4.31. The fraction of sp³-hybridized carbons (Fsp3) is 0.455. The number of halogens is 1. The Morgan fingerprint density at radius 2 is 1.86 bits per heavy atom.